The second-order valence-corrected chi connectivity index (χ2v) is 6.54. The average molecular weight is 346 g/mol. The van der Waals surface area contributed by atoms with E-state index in [0.717, 1.165) is 23.1 Å². The molecule has 2 aromatic rings. The summed E-state index contributed by atoms with van der Waals surface area (Å²) < 4.78 is 1.11. The molecule has 1 aliphatic rings. The van der Waals surface area contributed by atoms with Gasteiger partial charge in [0.25, 0.3) is 0 Å². The Balaban J connectivity index is 1.84. The van der Waals surface area contributed by atoms with Crippen LogP contribution in [0.3, 0.4) is 0 Å². The molecule has 1 aromatic carbocycles. The van der Waals surface area contributed by atoms with Crippen LogP contribution in [0.2, 0.25) is 0 Å². The molecule has 1 aliphatic carbocycles. The summed E-state index contributed by atoms with van der Waals surface area (Å²) in [5.74, 6) is 1.01. The highest BCUT2D eigenvalue weighted by atomic mass is 79.9. The van der Waals surface area contributed by atoms with Gasteiger partial charge in [0.05, 0.1) is 0 Å². The number of rotatable bonds is 3. The first-order chi connectivity index (χ1) is 10.2. The molecule has 21 heavy (non-hydrogen) atoms. The second-order valence-electron chi connectivity index (χ2n) is 5.63. The van der Waals surface area contributed by atoms with Gasteiger partial charge in [0, 0.05) is 21.8 Å². The quantitative estimate of drug-likeness (QED) is 0.820. The second kappa shape index (κ2) is 6.56. The van der Waals surface area contributed by atoms with Crippen molar-refractivity contribution in [2.45, 2.75) is 45.1 Å². The Morgan fingerprint density at radius 1 is 1.14 bits per heavy atom. The number of aryl methyl sites for hydroxylation is 1. The summed E-state index contributed by atoms with van der Waals surface area (Å²) in [6.07, 6.45) is 7.63. The molecule has 4 heteroatoms. The Labute approximate surface area is 134 Å². The Morgan fingerprint density at radius 2 is 2.00 bits per heavy atom. The number of anilines is 1. The van der Waals surface area contributed by atoms with Gasteiger partial charge in [-0.15, -0.1) is 0 Å². The monoisotopic (exact) mass is 345 g/mol. The molecule has 3 nitrogen and oxygen atoms in total. The summed E-state index contributed by atoms with van der Waals surface area (Å²) in [4.78, 5) is 8.96. The van der Waals surface area contributed by atoms with E-state index in [1.54, 1.807) is 6.33 Å². The molecule has 110 valence electrons. The smallest absolute Gasteiger partial charge is 0.133 e. The number of nitrogens with one attached hydrogen (secondary N) is 1. The van der Waals surface area contributed by atoms with E-state index < -0.39 is 0 Å². The Kier molecular flexibility index (Phi) is 4.54. The van der Waals surface area contributed by atoms with E-state index in [-0.39, 0.29) is 6.04 Å². The summed E-state index contributed by atoms with van der Waals surface area (Å²) in [7, 11) is 0. The van der Waals surface area contributed by atoms with Gasteiger partial charge in [-0.2, -0.15) is 0 Å². The molecule has 1 heterocycles. The maximum absolute atomic E-state index is 4.49. The first kappa shape index (κ1) is 14.5. The normalized spacial score (nSPS) is 15.9. The highest BCUT2D eigenvalue weighted by Crippen LogP contribution is 2.27. The summed E-state index contributed by atoms with van der Waals surface area (Å²) in [5.41, 5.74) is 3.80. The standard InChI is InChI=1S/C17H20BrN3/c1-12(13-6-5-7-14(18)10-13)21-17-15-8-3-2-4-9-16(15)19-11-20-17/h5-7,10-12H,2-4,8-9H2,1H3,(H,19,20,21). The van der Waals surface area contributed by atoms with Crippen LogP contribution in [-0.2, 0) is 12.8 Å². The summed E-state index contributed by atoms with van der Waals surface area (Å²) in [5, 5.41) is 3.57. The Bertz CT molecular complexity index is 627. The molecule has 0 amide bonds. The average Bonchev–Trinajstić information content (AvgIpc) is 2.73. The first-order valence-electron chi connectivity index (χ1n) is 7.59. The van der Waals surface area contributed by atoms with Crippen molar-refractivity contribution in [3.63, 3.8) is 0 Å². The lowest BCUT2D eigenvalue weighted by Gasteiger charge is -2.18. The van der Waals surface area contributed by atoms with Gasteiger partial charge in [0.15, 0.2) is 0 Å². The van der Waals surface area contributed by atoms with Gasteiger partial charge in [-0.25, -0.2) is 9.97 Å². The van der Waals surface area contributed by atoms with Crippen molar-refractivity contribution in [1.82, 2.24) is 9.97 Å². The predicted octanol–water partition coefficient (Wildman–Crippen LogP) is 4.68. The molecule has 0 spiro atoms. The van der Waals surface area contributed by atoms with E-state index in [0.29, 0.717) is 0 Å². The molecule has 1 aromatic heterocycles. The number of benzene rings is 1. The van der Waals surface area contributed by atoms with Crippen LogP contribution in [0.5, 0.6) is 0 Å². The minimum Gasteiger partial charge on any atom is -0.363 e. The van der Waals surface area contributed by atoms with Crippen molar-refractivity contribution < 1.29 is 0 Å². The van der Waals surface area contributed by atoms with Gasteiger partial charge in [-0.05, 0) is 50.3 Å². The molecule has 0 saturated carbocycles. The minimum absolute atomic E-state index is 0.227. The minimum atomic E-state index is 0.227. The SMILES string of the molecule is CC(Nc1ncnc2c1CCCCC2)c1cccc(Br)c1. The molecule has 3 rings (SSSR count). The van der Waals surface area contributed by atoms with Crippen molar-refractivity contribution in [3.05, 3.63) is 51.9 Å². The summed E-state index contributed by atoms with van der Waals surface area (Å²) in [6, 6.07) is 8.63. The lowest BCUT2D eigenvalue weighted by atomic mass is 10.1. The van der Waals surface area contributed by atoms with E-state index in [2.05, 4.69) is 56.3 Å². The molecular weight excluding hydrogens is 326 g/mol. The molecular formula is C17H20BrN3. The lowest BCUT2D eigenvalue weighted by molar-refractivity contribution is 0.708. The van der Waals surface area contributed by atoms with Gasteiger partial charge in [0.1, 0.15) is 12.1 Å². The van der Waals surface area contributed by atoms with Crippen LogP contribution in [0, 0.1) is 0 Å². The number of aromatic nitrogens is 2. The van der Waals surface area contributed by atoms with Crippen LogP contribution in [0.1, 0.15) is 49.0 Å². The number of fused-ring (bicyclic) bond motifs is 1. The zero-order valence-electron chi connectivity index (χ0n) is 12.3. The van der Waals surface area contributed by atoms with Crippen molar-refractivity contribution in [3.8, 4) is 0 Å². The van der Waals surface area contributed by atoms with Gasteiger partial charge in [0.2, 0.25) is 0 Å². The van der Waals surface area contributed by atoms with Crippen LogP contribution < -0.4 is 5.32 Å². The van der Waals surface area contributed by atoms with E-state index in [1.165, 1.54) is 36.1 Å². The number of halogens is 1. The topological polar surface area (TPSA) is 37.8 Å². The fourth-order valence-corrected chi connectivity index (χ4v) is 3.30. The summed E-state index contributed by atoms with van der Waals surface area (Å²) in [6.45, 7) is 2.17. The molecule has 0 radical (unpaired) electrons. The number of hydrogen-bond acceptors (Lipinski definition) is 3. The molecule has 0 fully saturated rings. The van der Waals surface area contributed by atoms with Crippen LogP contribution in [0.15, 0.2) is 35.1 Å². The van der Waals surface area contributed by atoms with Gasteiger partial charge >= 0.3 is 0 Å². The highest BCUT2D eigenvalue weighted by Gasteiger charge is 2.16. The van der Waals surface area contributed by atoms with E-state index in [1.807, 2.05) is 6.07 Å². The van der Waals surface area contributed by atoms with Crippen LogP contribution in [-0.4, -0.2) is 9.97 Å². The Morgan fingerprint density at radius 3 is 2.86 bits per heavy atom. The maximum atomic E-state index is 4.49. The number of nitrogens with zero attached hydrogens (tertiary/aromatic N) is 2. The molecule has 1 N–H and O–H groups in total. The molecule has 1 unspecified atom stereocenters. The number of hydrogen-bond donors (Lipinski definition) is 1. The largest absolute Gasteiger partial charge is 0.363 e. The van der Waals surface area contributed by atoms with Crippen molar-refractivity contribution in [2.24, 2.45) is 0 Å². The van der Waals surface area contributed by atoms with Crippen LogP contribution in [0.4, 0.5) is 5.82 Å². The van der Waals surface area contributed by atoms with Crippen molar-refractivity contribution in [1.29, 1.82) is 0 Å². The Hall–Kier alpha value is -1.42. The fraction of sp³-hybridized carbons (Fsp3) is 0.412. The third-order valence-electron chi connectivity index (χ3n) is 4.08. The van der Waals surface area contributed by atoms with E-state index >= 15 is 0 Å². The van der Waals surface area contributed by atoms with Crippen molar-refractivity contribution >= 4 is 21.7 Å². The lowest BCUT2D eigenvalue weighted by Crippen LogP contribution is -2.12. The zero-order valence-corrected chi connectivity index (χ0v) is 13.9. The maximum Gasteiger partial charge on any atom is 0.133 e. The van der Waals surface area contributed by atoms with E-state index in [9.17, 15) is 0 Å². The van der Waals surface area contributed by atoms with Crippen LogP contribution in [0.25, 0.3) is 0 Å². The molecule has 0 aliphatic heterocycles. The van der Waals surface area contributed by atoms with Crippen LogP contribution >= 0.6 is 15.9 Å². The third kappa shape index (κ3) is 3.43. The molecule has 1 atom stereocenters. The van der Waals surface area contributed by atoms with Gasteiger partial charge < -0.3 is 5.32 Å². The third-order valence-corrected chi connectivity index (χ3v) is 4.57. The van der Waals surface area contributed by atoms with Gasteiger partial charge in [-0.1, -0.05) is 34.5 Å². The first-order valence-corrected chi connectivity index (χ1v) is 8.38. The summed E-state index contributed by atoms with van der Waals surface area (Å²) >= 11 is 3.53. The fourth-order valence-electron chi connectivity index (χ4n) is 2.89. The molecule has 0 saturated heterocycles. The highest BCUT2D eigenvalue weighted by molar-refractivity contribution is 9.10. The van der Waals surface area contributed by atoms with Crippen molar-refractivity contribution in [2.75, 3.05) is 5.32 Å². The predicted molar refractivity (Wildman–Crippen MR) is 89.5 cm³/mol. The zero-order chi connectivity index (χ0) is 14.7. The van der Waals surface area contributed by atoms with Gasteiger partial charge in [-0.3, -0.25) is 0 Å². The van der Waals surface area contributed by atoms with E-state index in [4.69, 9.17) is 0 Å². The molecule has 0 bridgehead atoms.